The van der Waals surface area contributed by atoms with Gasteiger partial charge in [-0.15, -0.1) is 5.10 Å². The Morgan fingerprint density at radius 3 is 2.62 bits per heavy atom. The van der Waals surface area contributed by atoms with Crippen molar-refractivity contribution in [2.75, 3.05) is 74.3 Å². The lowest BCUT2D eigenvalue weighted by atomic mass is 10.1. The molecule has 3 fully saturated rings. The summed E-state index contributed by atoms with van der Waals surface area (Å²) in [5, 5.41) is 7.98. The Labute approximate surface area is 231 Å². The molecule has 2 aromatic carbocycles. The molecule has 0 bridgehead atoms. The Hall–Kier alpha value is -3.21. The average molecular weight is 538 g/mol. The molecule has 10 heteroatoms. The summed E-state index contributed by atoms with van der Waals surface area (Å²) in [5.41, 5.74) is 4.81. The maximum Gasteiger partial charge on any atom is 0.246 e. The average Bonchev–Trinajstić information content (AvgIpc) is 3.56. The normalized spacial score (nSPS) is 20.4. The predicted molar refractivity (Wildman–Crippen MR) is 153 cm³/mol. The van der Waals surface area contributed by atoms with Gasteiger partial charge in [0.1, 0.15) is 12.1 Å². The lowest BCUT2D eigenvalue weighted by Gasteiger charge is -2.43. The van der Waals surface area contributed by atoms with Crippen molar-refractivity contribution in [2.24, 2.45) is 0 Å². The van der Waals surface area contributed by atoms with Crippen LogP contribution in [0.25, 0.3) is 5.69 Å². The van der Waals surface area contributed by atoms with Gasteiger partial charge in [0.15, 0.2) is 0 Å². The van der Waals surface area contributed by atoms with E-state index in [9.17, 15) is 4.39 Å². The summed E-state index contributed by atoms with van der Waals surface area (Å²) in [6.45, 7) is 12.2. The van der Waals surface area contributed by atoms with Crippen LogP contribution in [0.2, 0.25) is 0 Å². The SMILES string of the molecule is CCOCC1CCCN1c1cc(F)cc(-n2cnc(Nc3cc(C)cc(N4CCN(C5COC5)CC4)c3)n2)c1.[HH]. The lowest BCUT2D eigenvalue weighted by molar-refractivity contribution is -0.0660. The quantitative estimate of drug-likeness (QED) is 0.435. The molecule has 3 aromatic rings. The maximum atomic E-state index is 14.7. The molecule has 3 saturated heterocycles. The van der Waals surface area contributed by atoms with Crippen molar-refractivity contribution in [3.8, 4) is 5.69 Å². The Balaban J connectivity index is 0.00000323. The van der Waals surface area contributed by atoms with Gasteiger partial charge < -0.3 is 24.6 Å². The van der Waals surface area contributed by atoms with Gasteiger partial charge in [0, 0.05) is 57.8 Å². The van der Waals surface area contributed by atoms with Crippen LogP contribution < -0.4 is 15.1 Å². The Bertz CT molecular complexity index is 1280. The Kier molecular flexibility index (Phi) is 7.67. The molecular weight excluding hydrogens is 497 g/mol. The fraction of sp³-hybridized carbons (Fsp3) is 0.517. The van der Waals surface area contributed by atoms with Crippen LogP contribution in [-0.4, -0.2) is 90.9 Å². The summed E-state index contributed by atoms with van der Waals surface area (Å²) >= 11 is 0. The molecular formula is C29H40FN7O2. The van der Waals surface area contributed by atoms with Gasteiger partial charge in [-0.1, -0.05) is 0 Å². The standard InChI is InChI=1S/C29H38FN7O2.H2/c1-3-38-17-24-5-4-6-36(24)26-13-22(30)14-27(16-26)37-20-31-29(33-37)32-23-11-21(2)12-25(15-23)34-7-9-35(10-8-34)28-18-39-19-28;/h11-16,20,24,28H,3-10,17-19H2,1-2H3,(H,32,33);1H. The van der Waals surface area contributed by atoms with E-state index < -0.39 is 0 Å². The second kappa shape index (κ2) is 11.5. The van der Waals surface area contributed by atoms with Crippen LogP contribution in [0.3, 0.4) is 0 Å². The highest BCUT2D eigenvalue weighted by atomic mass is 19.1. The van der Waals surface area contributed by atoms with Gasteiger partial charge >= 0.3 is 0 Å². The summed E-state index contributed by atoms with van der Waals surface area (Å²) < 4.78 is 27.4. The zero-order valence-electron chi connectivity index (χ0n) is 22.9. The van der Waals surface area contributed by atoms with Crippen LogP contribution in [0.15, 0.2) is 42.7 Å². The number of benzene rings is 2. The third-order valence-corrected chi connectivity index (χ3v) is 7.98. The van der Waals surface area contributed by atoms with Gasteiger partial charge in [-0.2, -0.15) is 4.98 Å². The van der Waals surface area contributed by atoms with E-state index in [1.165, 1.54) is 17.3 Å². The number of piperazine rings is 1. The number of nitrogens with zero attached hydrogens (tertiary/aromatic N) is 6. The number of rotatable bonds is 9. The van der Waals surface area contributed by atoms with Crippen LogP contribution in [0.5, 0.6) is 0 Å². The number of halogens is 1. The van der Waals surface area contributed by atoms with Gasteiger partial charge in [0.25, 0.3) is 0 Å². The molecule has 1 atom stereocenters. The summed E-state index contributed by atoms with van der Waals surface area (Å²) in [6.07, 6.45) is 3.75. The van der Waals surface area contributed by atoms with E-state index in [2.05, 4.69) is 55.2 Å². The van der Waals surface area contributed by atoms with Crippen LogP contribution >= 0.6 is 0 Å². The second-order valence-corrected chi connectivity index (χ2v) is 10.7. The largest absolute Gasteiger partial charge is 0.380 e. The molecule has 0 spiro atoms. The molecule has 1 N–H and O–H groups in total. The first-order valence-corrected chi connectivity index (χ1v) is 14.1. The number of aromatic nitrogens is 3. The summed E-state index contributed by atoms with van der Waals surface area (Å²) in [5.74, 6) is 0.186. The highest BCUT2D eigenvalue weighted by Gasteiger charge is 2.29. The fourth-order valence-corrected chi connectivity index (χ4v) is 5.83. The number of hydrogen-bond donors (Lipinski definition) is 1. The highest BCUT2D eigenvalue weighted by Crippen LogP contribution is 2.29. The van der Waals surface area contributed by atoms with E-state index in [1.54, 1.807) is 17.1 Å². The summed E-state index contributed by atoms with van der Waals surface area (Å²) in [6, 6.07) is 12.4. The molecule has 0 radical (unpaired) electrons. The van der Waals surface area contributed by atoms with Gasteiger partial charge in [0.05, 0.1) is 37.6 Å². The van der Waals surface area contributed by atoms with Crippen molar-refractivity contribution in [2.45, 2.75) is 38.8 Å². The van der Waals surface area contributed by atoms with Crippen LogP contribution in [0.1, 0.15) is 26.8 Å². The van der Waals surface area contributed by atoms with Gasteiger partial charge in [-0.05, 0) is 68.7 Å². The third-order valence-electron chi connectivity index (χ3n) is 7.98. The minimum Gasteiger partial charge on any atom is -0.380 e. The highest BCUT2D eigenvalue weighted by molar-refractivity contribution is 5.64. The molecule has 9 nitrogen and oxygen atoms in total. The number of nitrogens with one attached hydrogen (secondary N) is 1. The molecule has 4 heterocycles. The number of hydrogen-bond acceptors (Lipinski definition) is 8. The molecule has 3 aliphatic heterocycles. The smallest absolute Gasteiger partial charge is 0.246 e. The minimum absolute atomic E-state index is 0. The second-order valence-electron chi connectivity index (χ2n) is 10.7. The van der Waals surface area contributed by atoms with E-state index in [0.29, 0.717) is 30.9 Å². The van der Waals surface area contributed by atoms with Crippen molar-refractivity contribution >= 4 is 23.0 Å². The molecule has 6 rings (SSSR count). The minimum atomic E-state index is -0.289. The zero-order chi connectivity index (χ0) is 26.8. The molecule has 0 aliphatic carbocycles. The van der Waals surface area contributed by atoms with Crippen molar-refractivity contribution in [1.29, 1.82) is 0 Å². The first kappa shape index (κ1) is 26.0. The van der Waals surface area contributed by atoms with Crippen LogP contribution in [0, 0.1) is 12.7 Å². The topological polar surface area (TPSA) is 70.9 Å². The summed E-state index contributed by atoms with van der Waals surface area (Å²) in [7, 11) is 0. The first-order chi connectivity index (χ1) is 19.1. The number of ether oxygens (including phenoxy) is 2. The predicted octanol–water partition coefficient (Wildman–Crippen LogP) is 4.23. The van der Waals surface area contributed by atoms with E-state index in [4.69, 9.17) is 9.47 Å². The van der Waals surface area contributed by atoms with Crippen molar-refractivity contribution in [3.63, 3.8) is 0 Å². The van der Waals surface area contributed by atoms with Crippen molar-refractivity contribution in [3.05, 3.63) is 54.1 Å². The number of aryl methyl sites for hydroxylation is 1. The Morgan fingerprint density at radius 1 is 1.03 bits per heavy atom. The fourth-order valence-electron chi connectivity index (χ4n) is 5.83. The van der Waals surface area contributed by atoms with Gasteiger partial charge in [0.2, 0.25) is 5.95 Å². The monoisotopic (exact) mass is 537 g/mol. The van der Waals surface area contributed by atoms with Crippen molar-refractivity contribution in [1.82, 2.24) is 19.7 Å². The first-order valence-electron chi connectivity index (χ1n) is 14.1. The van der Waals surface area contributed by atoms with Crippen molar-refractivity contribution < 1.29 is 15.3 Å². The number of anilines is 4. The zero-order valence-corrected chi connectivity index (χ0v) is 22.9. The summed E-state index contributed by atoms with van der Waals surface area (Å²) in [4.78, 5) is 11.7. The third kappa shape index (κ3) is 5.88. The molecule has 210 valence electrons. The van der Waals surface area contributed by atoms with E-state index >= 15 is 0 Å². The molecule has 1 unspecified atom stereocenters. The maximum absolute atomic E-state index is 14.7. The van der Waals surface area contributed by atoms with Gasteiger partial charge in [-0.3, -0.25) is 4.90 Å². The van der Waals surface area contributed by atoms with E-state index in [1.807, 2.05) is 13.0 Å². The van der Waals surface area contributed by atoms with E-state index in [0.717, 1.165) is 70.2 Å². The molecule has 0 amide bonds. The van der Waals surface area contributed by atoms with Crippen LogP contribution in [0.4, 0.5) is 27.4 Å². The lowest BCUT2D eigenvalue weighted by Crippen LogP contribution is -2.56. The molecule has 0 saturated carbocycles. The molecule has 3 aliphatic rings. The van der Waals surface area contributed by atoms with Crippen LogP contribution in [-0.2, 0) is 9.47 Å². The van der Waals surface area contributed by atoms with E-state index in [-0.39, 0.29) is 13.3 Å². The molecule has 39 heavy (non-hydrogen) atoms. The van der Waals surface area contributed by atoms with Gasteiger partial charge in [-0.25, -0.2) is 9.07 Å². The Morgan fingerprint density at radius 2 is 1.85 bits per heavy atom. The molecule has 1 aromatic heterocycles.